The Morgan fingerprint density at radius 2 is 0.521 bits per heavy atom. The third-order valence-electron chi connectivity index (χ3n) is 11.8. The van der Waals surface area contributed by atoms with E-state index < -0.39 is 21.6 Å². The van der Waals surface area contributed by atoms with E-state index in [1.165, 1.54) is 43.0 Å². The zero-order valence-electron chi connectivity index (χ0n) is 40.4. The zero-order chi connectivity index (χ0) is 49.0. The van der Waals surface area contributed by atoms with Crippen LogP contribution in [-0.2, 0) is 57.9 Å². The maximum Gasteiger partial charge on any atom is -0.0134 e. The van der Waals surface area contributed by atoms with Gasteiger partial charge in [0, 0.05) is 0 Å². The van der Waals surface area contributed by atoms with E-state index in [1.807, 2.05) is 24.3 Å². The van der Waals surface area contributed by atoms with Crippen LogP contribution in [0.4, 0.5) is 0 Å². The number of rotatable bonds is 13. The van der Waals surface area contributed by atoms with Gasteiger partial charge < -0.3 is 0 Å². The molecule has 0 bridgehead atoms. The summed E-state index contributed by atoms with van der Waals surface area (Å²) in [5.74, 6) is -3.13. The van der Waals surface area contributed by atoms with Crippen molar-refractivity contribution in [3.8, 4) is 0 Å². The van der Waals surface area contributed by atoms with Crippen molar-refractivity contribution in [1.82, 2.24) is 4.90 Å². The molecule has 0 amide bonds. The van der Waals surface area contributed by atoms with Gasteiger partial charge in [-0.3, -0.25) is 0 Å². The maximum absolute atomic E-state index is 6.14. The van der Waals surface area contributed by atoms with Gasteiger partial charge in [-0.15, -0.1) is 0 Å². The van der Waals surface area contributed by atoms with E-state index in [2.05, 4.69) is 284 Å². The minimum Gasteiger partial charge on any atom is -0.0622 e. The molecule has 0 spiro atoms. The summed E-state index contributed by atoms with van der Waals surface area (Å²) in [5, 5.41) is 10.7. The molecule has 0 aliphatic rings. The number of hydrogen-bond acceptors (Lipinski definition) is 2. The van der Waals surface area contributed by atoms with Gasteiger partial charge in [-0.1, -0.05) is 182 Å². The minimum absolute atomic E-state index is 0. The molecule has 0 N–H and O–H groups in total. The summed E-state index contributed by atoms with van der Waals surface area (Å²) in [5.41, 5.74) is 2.45. The number of nitrogens with zero attached hydrogens (tertiary/aromatic N) is 1. The third kappa shape index (κ3) is 16.1. The van der Waals surface area contributed by atoms with Crippen LogP contribution in [0, 0.1) is 13.3 Å². The fraction of sp³-hybridized carbons (Fsp3) is 0.0308. The van der Waals surface area contributed by atoms with Crippen molar-refractivity contribution in [1.29, 1.82) is 0 Å². The predicted molar refractivity (Wildman–Crippen MR) is 322 cm³/mol. The Labute approximate surface area is 478 Å². The van der Waals surface area contributed by atoms with Crippen molar-refractivity contribution < 1.29 is 44.8 Å². The molecule has 0 aliphatic heterocycles. The Hall–Kier alpha value is -4.79. The van der Waals surface area contributed by atoms with E-state index in [4.69, 9.17) is 25.5 Å². The van der Waals surface area contributed by atoms with Crippen LogP contribution < -0.4 is 42.4 Å². The van der Waals surface area contributed by atoms with Gasteiger partial charge in [0.1, 0.15) is 0 Å². The molecule has 10 aromatic rings. The summed E-state index contributed by atoms with van der Waals surface area (Å²) in [6, 6.07) is 106. The van der Waals surface area contributed by atoms with Crippen molar-refractivity contribution in [3.63, 3.8) is 0 Å². The Morgan fingerprint density at radius 1 is 0.329 bits per heavy atom. The Morgan fingerprint density at radius 3 is 0.740 bits per heavy atom. The van der Waals surface area contributed by atoms with Gasteiger partial charge in [0.2, 0.25) is 0 Å². The number of benzene rings is 10. The second-order valence-electron chi connectivity index (χ2n) is 16.9. The normalized spacial score (nSPS) is 11.2. The van der Waals surface area contributed by atoms with E-state index in [-0.39, 0.29) is 44.8 Å². The Bertz CT molecular complexity index is 2710. The van der Waals surface area contributed by atoms with Crippen molar-refractivity contribution in [2.75, 3.05) is 0 Å². The fourth-order valence-electron chi connectivity index (χ4n) is 8.20. The van der Waals surface area contributed by atoms with Gasteiger partial charge in [0.05, 0.1) is 0 Å². The second-order valence-corrected chi connectivity index (χ2v) is 29.6. The molecule has 0 saturated carbocycles. The third-order valence-corrected chi connectivity index (χ3v) is 24.5. The minimum atomic E-state index is -3.13. The summed E-state index contributed by atoms with van der Waals surface area (Å²) >= 11 is 7.80. The zero-order valence-corrected chi connectivity index (χ0v) is 49.1. The monoisotopic (exact) mass is 1400 g/mol. The molecule has 0 atom stereocenters. The summed E-state index contributed by atoms with van der Waals surface area (Å²) in [7, 11) is -0.892. The fourth-order valence-corrected chi connectivity index (χ4v) is 20.3. The first kappa shape index (κ1) is 57.5. The average Bonchev–Trinajstić information content (AvgIpc) is 3.44. The smallest absolute Gasteiger partial charge is 0.0134 e. The molecule has 0 aliphatic carbocycles. The first-order valence-electron chi connectivity index (χ1n) is 23.7. The number of hydrogen-bond donors (Lipinski definition) is 0. The van der Waals surface area contributed by atoms with Crippen LogP contribution in [0.25, 0.3) is 0 Å². The van der Waals surface area contributed by atoms with Crippen LogP contribution in [0.1, 0.15) is 11.1 Å². The topological polar surface area (TPSA) is 3.24 Å². The van der Waals surface area contributed by atoms with Crippen molar-refractivity contribution in [3.05, 3.63) is 328 Å². The first-order chi connectivity index (χ1) is 34.8. The van der Waals surface area contributed by atoms with Crippen LogP contribution in [0.15, 0.2) is 303 Å². The summed E-state index contributed by atoms with van der Waals surface area (Å²) in [6.07, 6.45) is 0. The standard InChI is InChI=1S/C29H28NPS2.2C18H15P.2Au/c1-31(2,27-19-11-5-12-20-27,28-21-13-6-14-22-28)33-29(32)30(23-25-15-7-3-8-16-25)24-26-17-9-4-10-18-26;2*1-4-10-16(11-5-1)19(17-12-6-2-7-13-17)18-14-8-3-9-15-18;;/h3-22H,1-2,23-24H2;2*1-15H;;/q-2;;;2*+1. The van der Waals surface area contributed by atoms with Crippen LogP contribution >= 0.6 is 45.2 Å². The quantitative estimate of drug-likeness (QED) is 0.0490. The van der Waals surface area contributed by atoms with Gasteiger partial charge in [-0.2, -0.15) is 0 Å². The van der Waals surface area contributed by atoms with E-state index >= 15 is 0 Å². The molecule has 10 aromatic carbocycles. The second kappa shape index (κ2) is 29.3. The molecule has 0 saturated heterocycles. The molecule has 10 rings (SSSR count). The number of thiocarbonyl (C=S) groups is 1. The Balaban J connectivity index is 0.000000187. The first-order valence-corrected chi connectivity index (χ1v) is 30.8. The van der Waals surface area contributed by atoms with Gasteiger partial charge in [-0.25, -0.2) is 0 Å². The predicted octanol–water partition coefficient (Wildman–Crippen LogP) is 14.3. The van der Waals surface area contributed by atoms with Crippen molar-refractivity contribution in [2.45, 2.75) is 13.1 Å². The molecule has 0 aromatic heterocycles. The van der Waals surface area contributed by atoms with Crippen LogP contribution in [-0.4, -0.2) is 9.22 Å². The van der Waals surface area contributed by atoms with Gasteiger partial charge in [0.25, 0.3) is 0 Å². The SMILES string of the molecule is [Au+].[Au+].[CH2-]P([CH2-])(SC(=S)N(Cc1ccccc1)Cc1ccccc1)(c1ccccc1)c1ccccc1.c1ccc(P(c2ccccc2)c2ccccc2)cc1.c1ccc(P(c2ccccc2)c2ccccc2)cc1. The summed E-state index contributed by atoms with van der Waals surface area (Å²) < 4.78 is 0.818. The van der Waals surface area contributed by atoms with E-state index in [0.717, 1.165) is 28.0 Å². The molecular formula is C65H58Au2NP3S2. The summed E-state index contributed by atoms with van der Waals surface area (Å²) in [4.78, 5) is 2.27. The largest absolute Gasteiger partial charge is 0.0622 e. The summed E-state index contributed by atoms with van der Waals surface area (Å²) in [6.45, 7) is 11.2. The molecule has 73 heavy (non-hydrogen) atoms. The van der Waals surface area contributed by atoms with E-state index in [1.54, 1.807) is 11.4 Å². The van der Waals surface area contributed by atoms with E-state index in [9.17, 15) is 0 Å². The molecule has 0 radical (unpaired) electrons. The molecule has 1 nitrogen and oxygen atoms in total. The molecule has 8 heteroatoms. The maximum atomic E-state index is 6.14. The van der Waals surface area contributed by atoms with E-state index in [0.29, 0.717) is 0 Å². The molecule has 0 unspecified atom stereocenters. The van der Waals surface area contributed by atoms with Crippen molar-refractivity contribution >= 4 is 92.0 Å². The van der Waals surface area contributed by atoms with Crippen LogP contribution in [0.5, 0.6) is 0 Å². The Kier molecular flexibility index (Phi) is 23.1. The molecule has 0 fully saturated rings. The van der Waals surface area contributed by atoms with Crippen molar-refractivity contribution in [2.24, 2.45) is 0 Å². The molecule has 0 heterocycles. The van der Waals surface area contributed by atoms with Gasteiger partial charge in [0.15, 0.2) is 0 Å². The van der Waals surface area contributed by atoms with Crippen LogP contribution in [0.3, 0.4) is 0 Å². The van der Waals surface area contributed by atoms with Gasteiger partial charge in [-0.05, 0) is 47.7 Å². The molecule has 372 valence electrons. The average molecular weight is 1400 g/mol. The van der Waals surface area contributed by atoms with Gasteiger partial charge >= 0.3 is 253 Å². The van der Waals surface area contributed by atoms with Crippen LogP contribution in [0.2, 0.25) is 0 Å². The molecular weight excluding hydrogens is 1350 g/mol.